The zero-order chi connectivity index (χ0) is 13.0. The van der Waals surface area contributed by atoms with Crippen LogP contribution >= 0.6 is 0 Å². The van der Waals surface area contributed by atoms with Crippen molar-refractivity contribution < 1.29 is 9.26 Å². The highest BCUT2D eigenvalue weighted by Crippen LogP contribution is 2.12. The monoisotopic (exact) mass is 250 g/mol. The zero-order valence-electron chi connectivity index (χ0n) is 10.9. The van der Waals surface area contributed by atoms with E-state index in [4.69, 9.17) is 9.26 Å². The molecule has 0 radical (unpaired) electrons. The lowest BCUT2D eigenvalue weighted by Gasteiger charge is -2.07. The van der Waals surface area contributed by atoms with Gasteiger partial charge >= 0.3 is 0 Å². The first-order valence-electron chi connectivity index (χ1n) is 5.88. The van der Waals surface area contributed by atoms with Crippen LogP contribution in [-0.4, -0.2) is 35.0 Å². The molecule has 1 N–H and O–H groups in total. The van der Waals surface area contributed by atoms with Gasteiger partial charge in [0.15, 0.2) is 0 Å². The van der Waals surface area contributed by atoms with E-state index in [9.17, 15) is 0 Å². The molecule has 6 heteroatoms. The quantitative estimate of drug-likeness (QED) is 0.789. The highest BCUT2D eigenvalue weighted by Gasteiger charge is 2.08. The average molecular weight is 250 g/mol. The summed E-state index contributed by atoms with van der Waals surface area (Å²) < 4.78 is 12.1. The van der Waals surface area contributed by atoms with Crippen molar-refractivity contribution in [1.29, 1.82) is 0 Å². The molecule has 18 heavy (non-hydrogen) atoms. The molecule has 2 rings (SSSR count). The van der Waals surface area contributed by atoms with Crippen molar-refractivity contribution in [2.24, 2.45) is 0 Å². The molecule has 0 saturated carbocycles. The maximum Gasteiger partial charge on any atom is 0.203 e. The molecule has 0 saturated heterocycles. The van der Waals surface area contributed by atoms with E-state index in [1.807, 2.05) is 30.7 Å². The number of methoxy groups -OCH3 is 1. The van der Waals surface area contributed by atoms with Gasteiger partial charge in [-0.25, -0.2) is 4.98 Å². The Bertz CT molecular complexity index is 504. The van der Waals surface area contributed by atoms with Crippen LogP contribution in [0.1, 0.15) is 17.1 Å². The SMILES string of the molecule is COCCNc1nc(C)cn1Cc1cc(C)on1. The Morgan fingerprint density at radius 3 is 2.94 bits per heavy atom. The minimum absolute atomic E-state index is 0.646. The number of nitrogens with one attached hydrogen (secondary N) is 1. The second-order valence-electron chi connectivity index (χ2n) is 4.18. The summed E-state index contributed by atoms with van der Waals surface area (Å²) in [5.41, 5.74) is 1.86. The van der Waals surface area contributed by atoms with Gasteiger partial charge in [0.05, 0.1) is 18.8 Å². The van der Waals surface area contributed by atoms with Gasteiger partial charge in [-0.2, -0.15) is 0 Å². The van der Waals surface area contributed by atoms with Crippen molar-refractivity contribution in [3.05, 3.63) is 29.4 Å². The number of aromatic nitrogens is 3. The van der Waals surface area contributed by atoms with E-state index < -0.39 is 0 Å². The summed E-state index contributed by atoms with van der Waals surface area (Å²) in [7, 11) is 1.68. The van der Waals surface area contributed by atoms with E-state index in [1.54, 1.807) is 7.11 Å². The molecule has 0 fully saturated rings. The normalized spacial score (nSPS) is 10.8. The predicted octanol–water partition coefficient (Wildman–Crippen LogP) is 1.59. The largest absolute Gasteiger partial charge is 0.383 e. The second-order valence-corrected chi connectivity index (χ2v) is 4.18. The van der Waals surface area contributed by atoms with Gasteiger partial charge in [0, 0.05) is 25.9 Å². The van der Waals surface area contributed by atoms with Crippen molar-refractivity contribution in [2.75, 3.05) is 25.6 Å². The summed E-state index contributed by atoms with van der Waals surface area (Å²) in [5, 5.41) is 7.21. The van der Waals surface area contributed by atoms with Crippen LogP contribution in [0.25, 0.3) is 0 Å². The molecule has 0 aromatic carbocycles. The van der Waals surface area contributed by atoms with Crippen molar-refractivity contribution in [3.63, 3.8) is 0 Å². The molecule has 0 aliphatic heterocycles. The molecule has 0 bridgehead atoms. The molecular weight excluding hydrogens is 232 g/mol. The molecule has 0 spiro atoms. The van der Waals surface area contributed by atoms with Gasteiger partial charge in [-0.15, -0.1) is 0 Å². The predicted molar refractivity (Wildman–Crippen MR) is 67.7 cm³/mol. The minimum atomic E-state index is 0.646. The van der Waals surface area contributed by atoms with Crippen molar-refractivity contribution in [3.8, 4) is 0 Å². The van der Waals surface area contributed by atoms with Crippen LogP contribution in [0.2, 0.25) is 0 Å². The highest BCUT2D eigenvalue weighted by molar-refractivity contribution is 5.29. The fraction of sp³-hybridized carbons (Fsp3) is 0.500. The number of imidazole rings is 1. The van der Waals surface area contributed by atoms with Crippen LogP contribution < -0.4 is 5.32 Å². The number of hydrogen-bond donors (Lipinski definition) is 1. The molecule has 2 aromatic heterocycles. The molecule has 0 amide bonds. The summed E-state index contributed by atoms with van der Waals surface area (Å²) in [6.07, 6.45) is 1.99. The van der Waals surface area contributed by atoms with Gasteiger partial charge in [-0.3, -0.25) is 0 Å². The molecule has 0 unspecified atom stereocenters. The van der Waals surface area contributed by atoms with Crippen molar-refractivity contribution >= 4 is 5.95 Å². The van der Waals surface area contributed by atoms with E-state index in [2.05, 4.69) is 15.5 Å². The average Bonchev–Trinajstić information content (AvgIpc) is 2.87. The number of hydrogen-bond acceptors (Lipinski definition) is 5. The van der Waals surface area contributed by atoms with Crippen LogP contribution in [0, 0.1) is 13.8 Å². The summed E-state index contributed by atoms with van der Waals surface area (Å²) in [4.78, 5) is 4.42. The number of ether oxygens (including phenoxy) is 1. The molecule has 6 nitrogen and oxygen atoms in total. The van der Waals surface area contributed by atoms with Gasteiger partial charge < -0.3 is 19.1 Å². The smallest absolute Gasteiger partial charge is 0.203 e. The number of rotatable bonds is 6. The first-order valence-corrected chi connectivity index (χ1v) is 5.88. The fourth-order valence-corrected chi connectivity index (χ4v) is 1.74. The Kier molecular flexibility index (Phi) is 3.99. The van der Waals surface area contributed by atoms with E-state index >= 15 is 0 Å². The first-order chi connectivity index (χ1) is 8.69. The molecule has 2 aromatic rings. The topological polar surface area (TPSA) is 65.1 Å². The summed E-state index contributed by atoms with van der Waals surface area (Å²) >= 11 is 0. The number of nitrogens with zero attached hydrogens (tertiary/aromatic N) is 3. The lowest BCUT2D eigenvalue weighted by molar-refractivity contribution is 0.210. The van der Waals surface area contributed by atoms with Gasteiger partial charge in [-0.05, 0) is 13.8 Å². The number of anilines is 1. The third-order valence-electron chi connectivity index (χ3n) is 2.50. The molecule has 0 aliphatic carbocycles. The summed E-state index contributed by atoms with van der Waals surface area (Å²) in [5.74, 6) is 1.64. The fourth-order valence-electron chi connectivity index (χ4n) is 1.74. The van der Waals surface area contributed by atoms with Crippen LogP contribution in [-0.2, 0) is 11.3 Å². The maximum absolute atomic E-state index is 5.06. The summed E-state index contributed by atoms with van der Waals surface area (Å²) in [6, 6.07) is 1.92. The lowest BCUT2D eigenvalue weighted by atomic mass is 10.4. The van der Waals surface area contributed by atoms with E-state index in [0.717, 1.165) is 29.6 Å². The Hall–Kier alpha value is -1.82. The molecule has 98 valence electrons. The lowest BCUT2D eigenvalue weighted by Crippen LogP contribution is -2.12. The molecular formula is C12H18N4O2. The Morgan fingerprint density at radius 2 is 2.28 bits per heavy atom. The number of aryl methyl sites for hydroxylation is 2. The van der Waals surface area contributed by atoms with Gasteiger partial charge in [0.2, 0.25) is 5.95 Å². The van der Waals surface area contributed by atoms with Crippen molar-refractivity contribution in [2.45, 2.75) is 20.4 Å². The Labute approximate surface area is 106 Å². The van der Waals surface area contributed by atoms with Gasteiger partial charge in [0.1, 0.15) is 11.5 Å². The van der Waals surface area contributed by atoms with Crippen LogP contribution in [0.3, 0.4) is 0 Å². The molecule has 0 atom stereocenters. The van der Waals surface area contributed by atoms with Crippen LogP contribution in [0.15, 0.2) is 16.8 Å². The first kappa shape index (κ1) is 12.6. The third-order valence-corrected chi connectivity index (χ3v) is 2.50. The highest BCUT2D eigenvalue weighted by atomic mass is 16.5. The Balaban J connectivity index is 2.06. The zero-order valence-corrected chi connectivity index (χ0v) is 10.9. The van der Waals surface area contributed by atoms with Crippen molar-refractivity contribution in [1.82, 2.24) is 14.7 Å². The van der Waals surface area contributed by atoms with Crippen LogP contribution in [0.4, 0.5) is 5.95 Å². The van der Waals surface area contributed by atoms with E-state index in [1.165, 1.54) is 0 Å². The standard InChI is InChI=1S/C12H18N4O2/c1-9-7-16(8-11-6-10(2)18-15-11)12(14-9)13-4-5-17-3/h6-7H,4-5,8H2,1-3H3,(H,13,14). The molecule has 2 heterocycles. The summed E-state index contributed by atoms with van der Waals surface area (Å²) in [6.45, 7) is 5.87. The van der Waals surface area contributed by atoms with Gasteiger partial charge in [-0.1, -0.05) is 5.16 Å². The van der Waals surface area contributed by atoms with Crippen LogP contribution in [0.5, 0.6) is 0 Å². The Morgan fingerprint density at radius 1 is 1.44 bits per heavy atom. The van der Waals surface area contributed by atoms with E-state index in [-0.39, 0.29) is 0 Å². The maximum atomic E-state index is 5.06. The second kappa shape index (κ2) is 5.68. The third kappa shape index (κ3) is 3.10. The van der Waals surface area contributed by atoms with E-state index in [0.29, 0.717) is 13.2 Å². The van der Waals surface area contributed by atoms with Gasteiger partial charge in [0.25, 0.3) is 0 Å². The molecule has 0 aliphatic rings. The minimum Gasteiger partial charge on any atom is -0.383 e.